The normalized spacial score (nSPS) is 10.8. The van der Waals surface area contributed by atoms with Crippen LogP contribution in [0.5, 0.6) is 17.2 Å². The van der Waals surface area contributed by atoms with Gasteiger partial charge in [-0.1, -0.05) is 24.3 Å². The second-order valence-electron chi connectivity index (χ2n) is 5.53. The minimum Gasteiger partial charge on any atom is -0.504 e. The molecule has 26 heavy (non-hydrogen) atoms. The standard InChI is InChI=1S/C20H18N2O4/c1-25-18-8-7-13(9-17(18)23)12-21-22-20(24)16-10-14-5-3-4-6-15(14)11-19(16)26-2/h3-12,23H,1-2H3,(H,22,24). The van der Waals surface area contributed by atoms with E-state index in [0.29, 0.717) is 22.6 Å². The van der Waals surface area contributed by atoms with E-state index >= 15 is 0 Å². The maximum Gasteiger partial charge on any atom is 0.275 e. The highest BCUT2D eigenvalue weighted by molar-refractivity contribution is 6.02. The van der Waals surface area contributed by atoms with Crippen molar-refractivity contribution >= 4 is 22.9 Å². The fraction of sp³-hybridized carbons (Fsp3) is 0.100. The second-order valence-corrected chi connectivity index (χ2v) is 5.53. The third-order valence-electron chi connectivity index (χ3n) is 3.90. The Labute approximate surface area is 150 Å². The van der Waals surface area contributed by atoms with E-state index in [-0.39, 0.29) is 11.7 Å². The number of benzene rings is 3. The molecule has 132 valence electrons. The van der Waals surface area contributed by atoms with Crippen molar-refractivity contribution in [1.29, 1.82) is 0 Å². The van der Waals surface area contributed by atoms with Crippen LogP contribution < -0.4 is 14.9 Å². The van der Waals surface area contributed by atoms with E-state index in [9.17, 15) is 9.90 Å². The molecule has 0 saturated carbocycles. The predicted octanol–water partition coefficient (Wildman–Crippen LogP) is 3.33. The van der Waals surface area contributed by atoms with Crippen molar-refractivity contribution < 1.29 is 19.4 Å². The highest BCUT2D eigenvalue weighted by Gasteiger charge is 2.13. The molecule has 3 rings (SSSR count). The van der Waals surface area contributed by atoms with Crippen LogP contribution in [-0.2, 0) is 0 Å². The summed E-state index contributed by atoms with van der Waals surface area (Å²) in [5.41, 5.74) is 3.48. The molecular formula is C20H18N2O4. The molecule has 6 nitrogen and oxygen atoms in total. The zero-order valence-corrected chi connectivity index (χ0v) is 14.4. The van der Waals surface area contributed by atoms with E-state index < -0.39 is 0 Å². The monoisotopic (exact) mass is 350 g/mol. The smallest absolute Gasteiger partial charge is 0.275 e. The van der Waals surface area contributed by atoms with Crippen LogP contribution in [0, 0.1) is 0 Å². The molecule has 0 bridgehead atoms. The molecule has 3 aromatic carbocycles. The van der Waals surface area contributed by atoms with Gasteiger partial charge in [0.2, 0.25) is 0 Å². The van der Waals surface area contributed by atoms with E-state index in [1.807, 2.05) is 30.3 Å². The molecule has 0 atom stereocenters. The molecule has 0 aliphatic rings. The van der Waals surface area contributed by atoms with Gasteiger partial charge in [-0.2, -0.15) is 5.10 Å². The van der Waals surface area contributed by atoms with Crippen molar-refractivity contribution in [3.05, 3.63) is 65.7 Å². The number of aromatic hydroxyl groups is 1. The number of nitrogens with one attached hydrogen (secondary N) is 1. The van der Waals surface area contributed by atoms with Gasteiger partial charge in [0.15, 0.2) is 11.5 Å². The van der Waals surface area contributed by atoms with Crippen LogP contribution in [0.2, 0.25) is 0 Å². The average Bonchev–Trinajstić information content (AvgIpc) is 2.67. The fourth-order valence-electron chi connectivity index (χ4n) is 2.58. The quantitative estimate of drug-likeness (QED) is 0.546. The van der Waals surface area contributed by atoms with Crippen molar-refractivity contribution in [2.45, 2.75) is 0 Å². The summed E-state index contributed by atoms with van der Waals surface area (Å²) in [4.78, 5) is 12.5. The molecule has 0 radical (unpaired) electrons. The maximum absolute atomic E-state index is 12.5. The highest BCUT2D eigenvalue weighted by atomic mass is 16.5. The lowest BCUT2D eigenvalue weighted by atomic mass is 10.1. The number of phenolic OH excluding ortho intramolecular Hbond substituents is 1. The predicted molar refractivity (Wildman–Crippen MR) is 100 cm³/mol. The van der Waals surface area contributed by atoms with Crippen molar-refractivity contribution in [1.82, 2.24) is 5.43 Å². The first-order valence-corrected chi connectivity index (χ1v) is 7.89. The van der Waals surface area contributed by atoms with Gasteiger partial charge in [0, 0.05) is 0 Å². The third kappa shape index (κ3) is 3.59. The summed E-state index contributed by atoms with van der Waals surface area (Å²) in [6.45, 7) is 0. The van der Waals surface area contributed by atoms with Crippen molar-refractivity contribution in [2.75, 3.05) is 14.2 Å². The number of hydrogen-bond donors (Lipinski definition) is 2. The number of methoxy groups -OCH3 is 2. The third-order valence-corrected chi connectivity index (χ3v) is 3.90. The van der Waals surface area contributed by atoms with Crippen LogP contribution in [-0.4, -0.2) is 31.4 Å². The largest absolute Gasteiger partial charge is 0.504 e. The number of amides is 1. The number of rotatable bonds is 5. The number of nitrogens with zero attached hydrogens (tertiary/aromatic N) is 1. The molecule has 0 spiro atoms. The number of fused-ring (bicyclic) bond motifs is 1. The van der Waals surface area contributed by atoms with Crippen molar-refractivity contribution in [3.63, 3.8) is 0 Å². The molecule has 0 heterocycles. The Morgan fingerprint density at radius 3 is 2.35 bits per heavy atom. The number of carbonyl (C=O) groups is 1. The van der Waals surface area contributed by atoms with Gasteiger partial charge in [0.25, 0.3) is 5.91 Å². The molecule has 0 aliphatic heterocycles. The first-order valence-electron chi connectivity index (χ1n) is 7.89. The number of carbonyl (C=O) groups excluding carboxylic acids is 1. The summed E-state index contributed by atoms with van der Waals surface area (Å²) in [7, 11) is 2.99. The first kappa shape index (κ1) is 17.3. The van der Waals surface area contributed by atoms with Crippen LogP contribution >= 0.6 is 0 Å². The molecule has 0 saturated heterocycles. The Bertz CT molecular complexity index is 983. The Morgan fingerprint density at radius 1 is 1.00 bits per heavy atom. The van der Waals surface area contributed by atoms with Gasteiger partial charge in [0.1, 0.15) is 5.75 Å². The van der Waals surface area contributed by atoms with E-state index in [0.717, 1.165) is 10.8 Å². The van der Waals surface area contributed by atoms with Crippen LogP contribution in [0.25, 0.3) is 10.8 Å². The minimum absolute atomic E-state index is 0.000949. The first-order chi connectivity index (χ1) is 12.6. The lowest BCUT2D eigenvalue weighted by molar-refractivity contribution is 0.0952. The van der Waals surface area contributed by atoms with Gasteiger partial charge >= 0.3 is 0 Å². The van der Waals surface area contributed by atoms with E-state index in [1.165, 1.54) is 26.5 Å². The van der Waals surface area contributed by atoms with Crippen molar-refractivity contribution in [3.8, 4) is 17.2 Å². The Morgan fingerprint density at radius 2 is 1.69 bits per heavy atom. The molecule has 0 unspecified atom stereocenters. The summed E-state index contributed by atoms with van der Waals surface area (Å²) < 4.78 is 10.3. The highest BCUT2D eigenvalue weighted by Crippen LogP contribution is 2.26. The van der Waals surface area contributed by atoms with E-state index in [2.05, 4.69) is 10.5 Å². The van der Waals surface area contributed by atoms with Gasteiger partial charge in [-0.15, -0.1) is 0 Å². The zero-order chi connectivity index (χ0) is 18.5. The molecule has 3 aromatic rings. The van der Waals surface area contributed by atoms with Gasteiger partial charge in [0.05, 0.1) is 26.0 Å². The summed E-state index contributed by atoms with van der Waals surface area (Å²) in [6.07, 6.45) is 1.44. The lowest BCUT2D eigenvalue weighted by Gasteiger charge is -2.09. The minimum atomic E-state index is -0.387. The number of hydrogen-bond acceptors (Lipinski definition) is 5. The number of ether oxygens (including phenoxy) is 2. The number of hydrazone groups is 1. The lowest BCUT2D eigenvalue weighted by Crippen LogP contribution is -2.18. The number of phenols is 1. The summed E-state index contributed by atoms with van der Waals surface area (Å²) in [5.74, 6) is 0.450. The zero-order valence-electron chi connectivity index (χ0n) is 14.4. The molecule has 0 aromatic heterocycles. The van der Waals surface area contributed by atoms with Crippen LogP contribution in [0.1, 0.15) is 15.9 Å². The molecule has 1 amide bonds. The van der Waals surface area contributed by atoms with Crippen LogP contribution in [0.4, 0.5) is 0 Å². The Kier molecular flexibility index (Phi) is 5.03. The van der Waals surface area contributed by atoms with Gasteiger partial charge in [-0.05, 0) is 46.7 Å². The van der Waals surface area contributed by atoms with Crippen LogP contribution in [0.3, 0.4) is 0 Å². The fourth-order valence-corrected chi connectivity index (χ4v) is 2.58. The molecule has 6 heteroatoms. The Hall–Kier alpha value is -3.54. The molecule has 0 aliphatic carbocycles. The molecule has 0 fully saturated rings. The van der Waals surface area contributed by atoms with Crippen molar-refractivity contribution in [2.24, 2.45) is 5.10 Å². The summed E-state index contributed by atoms with van der Waals surface area (Å²) in [5, 5.41) is 15.6. The average molecular weight is 350 g/mol. The Balaban J connectivity index is 1.79. The summed E-state index contributed by atoms with van der Waals surface area (Å²) >= 11 is 0. The topological polar surface area (TPSA) is 80.2 Å². The SMILES string of the molecule is COc1ccc(C=NNC(=O)c2cc3ccccc3cc2OC)cc1O. The second kappa shape index (κ2) is 7.57. The molecular weight excluding hydrogens is 332 g/mol. The van der Waals surface area contributed by atoms with Gasteiger partial charge < -0.3 is 14.6 Å². The van der Waals surface area contributed by atoms with E-state index in [4.69, 9.17) is 9.47 Å². The van der Waals surface area contributed by atoms with E-state index in [1.54, 1.807) is 18.2 Å². The maximum atomic E-state index is 12.5. The molecule has 2 N–H and O–H groups in total. The van der Waals surface area contributed by atoms with Crippen LogP contribution in [0.15, 0.2) is 59.7 Å². The summed E-state index contributed by atoms with van der Waals surface area (Å²) in [6, 6.07) is 16.1. The van der Waals surface area contributed by atoms with Gasteiger partial charge in [-0.25, -0.2) is 5.43 Å². The van der Waals surface area contributed by atoms with Gasteiger partial charge in [-0.3, -0.25) is 4.79 Å².